The van der Waals surface area contributed by atoms with Crippen LogP contribution in [0.15, 0.2) is 35.0 Å². The average Bonchev–Trinajstić information content (AvgIpc) is 2.93. The van der Waals surface area contributed by atoms with Crippen molar-refractivity contribution in [2.45, 2.75) is 5.88 Å². The highest BCUT2D eigenvalue weighted by Crippen LogP contribution is 2.24. The molecule has 0 amide bonds. The maximum atomic E-state index is 13.1. The standard InChI is InChI=1S/C12H8ClFN2S/c13-6-12-15-10-5-8(14)1-2-11(10)16(12)9-3-4-17-7-9/h1-5,7H,6H2. The van der Waals surface area contributed by atoms with Gasteiger partial charge in [0.2, 0.25) is 0 Å². The number of alkyl halides is 1. The van der Waals surface area contributed by atoms with Crippen molar-refractivity contribution < 1.29 is 4.39 Å². The summed E-state index contributed by atoms with van der Waals surface area (Å²) in [4.78, 5) is 4.34. The van der Waals surface area contributed by atoms with E-state index < -0.39 is 0 Å². The Morgan fingerprint density at radius 2 is 2.24 bits per heavy atom. The lowest BCUT2D eigenvalue weighted by molar-refractivity contribution is 0.629. The zero-order valence-electron chi connectivity index (χ0n) is 8.73. The van der Waals surface area contributed by atoms with Crippen molar-refractivity contribution in [3.8, 4) is 5.69 Å². The first-order chi connectivity index (χ1) is 8.29. The van der Waals surface area contributed by atoms with E-state index in [-0.39, 0.29) is 5.82 Å². The van der Waals surface area contributed by atoms with Gasteiger partial charge in [-0.1, -0.05) is 0 Å². The van der Waals surface area contributed by atoms with Crippen molar-refractivity contribution in [3.05, 3.63) is 46.7 Å². The van der Waals surface area contributed by atoms with Gasteiger partial charge < -0.3 is 0 Å². The fraction of sp³-hybridized carbons (Fsp3) is 0.0833. The summed E-state index contributed by atoms with van der Waals surface area (Å²) < 4.78 is 15.1. The molecule has 0 N–H and O–H groups in total. The highest BCUT2D eigenvalue weighted by atomic mass is 35.5. The molecule has 3 aromatic rings. The molecule has 0 spiro atoms. The van der Waals surface area contributed by atoms with E-state index in [0.29, 0.717) is 11.4 Å². The van der Waals surface area contributed by atoms with Gasteiger partial charge in [0.25, 0.3) is 0 Å². The molecular formula is C12H8ClFN2S. The first-order valence-corrected chi connectivity index (χ1v) is 6.53. The van der Waals surface area contributed by atoms with Gasteiger partial charge in [0.15, 0.2) is 0 Å². The summed E-state index contributed by atoms with van der Waals surface area (Å²) in [6.45, 7) is 0. The van der Waals surface area contributed by atoms with Crippen LogP contribution >= 0.6 is 22.9 Å². The summed E-state index contributed by atoms with van der Waals surface area (Å²) in [5, 5.41) is 4.00. The first-order valence-electron chi connectivity index (χ1n) is 5.05. The minimum absolute atomic E-state index is 0.284. The fourth-order valence-corrected chi connectivity index (χ4v) is 2.66. The molecule has 0 aliphatic carbocycles. The molecule has 2 nitrogen and oxygen atoms in total. The summed E-state index contributed by atoms with van der Waals surface area (Å²) in [5.74, 6) is 0.742. The van der Waals surface area contributed by atoms with Crippen molar-refractivity contribution in [1.29, 1.82) is 0 Å². The van der Waals surface area contributed by atoms with Gasteiger partial charge in [0.1, 0.15) is 11.6 Å². The molecule has 0 fully saturated rings. The number of aromatic nitrogens is 2. The number of hydrogen-bond donors (Lipinski definition) is 0. The molecule has 0 bridgehead atoms. The van der Waals surface area contributed by atoms with Crippen LogP contribution in [0.5, 0.6) is 0 Å². The van der Waals surface area contributed by atoms with E-state index >= 15 is 0 Å². The number of hydrogen-bond acceptors (Lipinski definition) is 2. The largest absolute Gasteiger partial charge is 0.294 e. The van der Waals surface area contributed by atoms with Crippen molar-refractivity contribution in [3.63, 3.8) is 0 Å². The van der Waals surface area contributed by atoms with Crippen LogP contribution in [-0.4, -0.2) is 9.55 Å². The second-order valence-electron chi connectivity index (χ2n) is 3.61. The number of thiophene rings is 1. The lowest BCUT2D eigenvalue weighted by atomic mass is 10.3. The van der Waals surface area contributed by atoms with E-state index in [4.69, 9.17) is 11.6 Å². The zero-order valence-corrected chi connectivity index (χ0v) is 10.3. The third kappa shape index (κ3) is 1.73. The highest BCUT2D eigenvalue weighted by molar-refractivity contribution is 7.08. The summed E-state index contributed by atoms with van der Waals surface area (Å²) in [6, 6.07) is 6.58. The number of fused-ring (bicyclic) bond motifs is 1. The van der Waals surface area contributed by atoms with E-state index in [1.165, 1.54) is 12.1 Å². The topological polar surface area (TPSA) is 17.8 Å². The van der Waals surface area contributed by atoms with Crippen molar-refractivity contribution in [2.75, 3.05) is 0 Å². The predicted octanol–water partition coefficient (Wildman–Crippen LogP) is 3.96. The number of halogens is 2. The smallest absolute Gasteiger partial charge is 0.129 e. The van der Waals surface area contributed by atoms with Gasteiger partial charge in [0.05, 0.1) is 22.6 Å². The second-order valence-corrected chi connectivity index (χ2v) is 4.66. The lowest BCUT2D eigenvalue weighted by Gasteiger charge is -2.04. The lowest BCUT2D eigenvalue weighted by Crippen LogP contribution is -1.97. The van der Waals surface area contributed by atoms with Gasteiger partial charge in [0, 0.05) is 11.4 Å². The van der Waals surface area contributed by atoms with Crippen molar-refractivity contribution >= 4 is 34.0 Å². The maximum absolute atomic E-state index is 13.1. The summed E-state index contributed by atoms with van der Waals surface area (Å²) >= 11 is 7.49. The SMILES string of the molecule is Fc1ccc2c(c1)nc(CCl)n2-c1ccsc1. The molecule has 0 radical (unpaired) electrons. The maximum Gasteiger partial charge on any atom is 0.129 e. The Bertz CT molecular complexity index is 661. The third-order valence-corrected chi connectivity index (χ3v) is 3.48. The summed E-state index contributed by atoms with van der Waals surface area (Å²) in [6.07, 6.45) is 0. The van der Waals surface area contributed by atoms with Crippen LogP contribution in [0.25, 0.3) is 16.7 Å². The molecule has 0 aliphatic rings. The molecule has 1 aromatic carbocycles. The molecule has 0 saturated carbocycles. The van der Waals surface area contributed by atoms with Crippen LogP contribution in [0.4, 0.5) is 4.39 Å². The summed E-state index contributed by atoms with van der Waals surface area (Å²) in [7, 11) is 0. The van der Waals surface area contributed by atoms with E-state index in [1.807, 2.05) is 21.4 Å². The van der Waals surface area contributed by atoms with E-state index in [0.717, 1.165) is 17.0 Å². The van der Waals surface area contributed by atoms with E-state index in [9.17, 15) is 4.39 Å². The van der Waals surface area contributed by atoms with Crippen LogP contribution in [0.1, 0.15) is 5.82 Å². The van der Waals surface area contributed by atoms with Crippen LogP contribution in [-0.2, 0) is 5.88 Å². The monoisotopic (exact) mass is 266 g/mol. The highest BCUT2D eigenvalue weighted by Gasteiger charge is 2.12. The zero-order chi connectivity index (χ0) is 11.8. The van der Waals surface area contributed by atoms with Gasteiger partial charge >= 0.3 is 0 Å². The summed E-state index contributed by atoms with van der Waals surface area (Å²) in [5.41, 5.74) is 2.52. The van der Waals surface area contributed by atoms with Crippen molar-refractivity contribution in [2.24, 2.45) is 0 Å². The number of benzene rings is 1. The Kier molecular flexibility index (Phi) is 2.61. The molecule has 86 valence electrons. The normalized spacial score (nSPS) is 11.2. The van der Waals surface area contributed by atoms with E-state index in [2.05, 4.69) is 4.98 Å². The van der Waals surface area contributed by atoms with Crippen LogP contribution in [0, 0.1) is 5.82 Å². The molecule has 2 heterocycles. The third-order valence-electron chi connectivity index (χ3n) is 2.57. The van der Waals surface area contributed by atoms with E-state index in [1.54, 1.807) is 17.4 Å². The van der Waals surface area contributed by atoms with Gasteiger partial charge in [-0.2, -0.15) is 11.3 Å². The molecule has 17 heavy (non-hydrogen) atoms. The number of nitrogens with zero attached hydrogens (tertiary/aromatic N) is 2. The predicted molar refractivity (Wildman–Crippen MR) is 68.5 cm³/mol. The Morgan fingerprint density at radius 1 is 1.35 bits per heavy atom. The molecule has 5 heteroatoms. The Hall–Kier alpha value is -1.39. The molecule has 0 unspecified atom stereocenters. The first kappa shape index (κ1) is 10.7. The number of imidazole rings is 1. The van der Waals surface area contributed by atoms with Crippen LogP contribution in [0.2, 0.25) is 0 Å². The second kappa shape index (κ2) is 4.13. The molecule has 3 rings (SSSR count). The van der Waals surface area contributed by atoms with Crippen LogP contribution < -0.4 is 0 Å². The van der Waals surface area contributed by atoms with Gasteiger partial charge in [-0.15, -0.1) is 11.6 Å². The van der Waals surface area contributed by atoms with Gasteiger partial charge in [-0.3, -0.25) is 4.57 Å². The van der Waals surface area contributed by atoms with Gasteiger partial charge in [-0.25, -0.2) is 9.37 Å². The number of rotatable bonds is 2. The molecule has 0 aliphatic heterocycles. The van der Waals surface area contributed by atoms with Crippen molar-refractivity contribution in [1.82, 2.24) is 9.55 Å². The van der Waals surface area contributed by atoms with Crippen LogP contribution in [0.3, 0.4) is 0 Å². The fourth-order valence-electron chi connectivity index (χ4n) is 1.87. The quantitative estimate of drug-likeness (QED) is 0.642. The Balaban J connectivity index is 2.35. The average molecular weight is 267 g/mol. The molecule has 0 atom stereocenters. The minimum atomic E-state index is -0.284. The molecular weight excluding hydrogens is 259 g/mol. The molecule has 0 saturated heterocycles. The van der Waals surface area contributed by atoms with Gasteiger partial charge in [-0.05, 0) is 23.6 Å². The Morgan fingerprint density at radius 3 is 2.94 bits per heavy atom. The Labute approximate surface area is 106 Å². The molecule has 2 aromatic heterocycles. The minimum Gasteiger partial charge on any atom is -0.294 e.